The third kappa shape index (κ3) is 30.4. The predicted molar refractivity (Wildman–Crippen MR) is 279 cm³/mol. The van der Waals surface area contributed by atoms with Gasteiger partial charge in [0, 0.05) is 13.0 Å². The van der Waals surface area contributed by atoms with Gasteiger partial charge < -0.3 is 64.2 Å². The van der Waals surface area contributed by atoms with Crippen molar-refractivity contribution >= 4 is 5.97 Å². The molecule has 2 aliphatic rings. The molecular formula is C57H92O14. The predicted octanol–water partition coefficient (Wildman–Crippen LogP) is 8.40. The molecule has 0 radical (unpaired) electrons. The van der Waals surface area contributed by atoms with Gasteiger partial charge in [-0.25, -0.2) is 0 Å². The van der Waals surface area contributed by atoms with E-state index in [2.05, 4.69) is 123 Å². The van der Waals surface area contributed by atoms with Crippen molar-refractivity contribution in [3.63, 3.8) is 0 Å². The van der Waals surface area contributed by atoms with Crippen molar-refractivity contribution in [1.82, 2.24) is 0 Å². The summed E-state index contributed by atoms with van der Waals surface area (Å²) in [5, 5.41) is 72.2. The van der Waals surface area contributed by atoms with Crippen molar-refractivity contribution in [2.75, 3.05) is 33.0 Å². The number of ether oxygens (including phenoxy) is 6. The zero-order valence-corrected chi connectivity index (χ0v) is 42.9. The van der Waals surface area contributed by atoms with E-state index in [0.29, 0.717) is 13.0 Å². The lowest BCUT2D eigenvalue weighted by Gasteiger charge is -2.42. The van der Waals surface area contributed by atoms with Crippen LogP contribution in [0.5, 0.6) is 0 Å². The molecule has 0 aliphatic carbocycles. The number of carbonyl (C=O) groups excluding carboxylic acids is 1. The minimum atomic E-state index is -1.72. The summed E-state index contributed by atoms with van der Waals surface area (Å²) in [5.74, 6) is -0.414. The van der Waals surface area contributed by atoms with Crippen LogP contribution in [0, 0.1) is 0 Å². The Labute approximate surface area is 425 Å². The molecule has 2 fully saturated rings. The third-order valence-electron chi connectivity index (χ3n) is 11.8. The molecule has 2 aliphatic heterocycles. The van der Waals surface area contributed by atoms with E-state index in [4.69, 9.17) is 28.4 Å². The van der Waals surface area contributed by atoms with Gasteiger partial charge in [-0.1, -0.05) is 149 Å². The summed E-state index contributed by atoms with van der Waals surface area (Å²) in [6.45, 7) is 3.33. The second-order valence-electron chi connectivity index (χ2n) is 17.9. The Balaban J connectivity index is 1.79. The summed E-state index contributed by atoms with van der Waals surface area (Å²) in [6.07, 6.45) is 41.4. The molecule has 404 valence electrons. The first-order chi connectivity index (χ1) is 34.6. The molecule has 71 heavy (non-hydrogen) atoms. The van der Waals surface area contributed by atoms with Crippen LogP contribution in [0.25, 0.3) is 0 Å². The molecule has 14 nitrogen and oxygen atoms in total. The Morgan fingerprint density at radius 1 is 0.465 bits per heavy atom. The molecule has 7 N–H and O–H groups in total. The number of rotatable bonds is 40. The van der Waals surface area contributed by atoms with Crippen molar-refractivity contribution in [2.24, 2.45) is 0 Å². The van der Waals surface area contributed by atoms with Gasteiger partial charge in [0.25, 0.3) is 0 Å². The summed E-state index contributed by atoms with van der Waals surface area (Å²) in [6, 6.07) is 0. The van der Waals surface area contributed by atoms with Gasteiger partial charge in [0.15, 0.2) is 12.6 Å². The first kappa shape index (κ1) is 63.8. The smallest absolute Gasteiger partial charge is 0.306 e. The maximum absolute atomic E-state index is 13.0. The second-order valence-corrected chi connectivity index (χ2v) is 17.9. The molecule has 14 heteroatoms. The highest BCUT2D eigenvalue weighted by Crippen LogP contribution is 2.26. The highest BCUT2D eigenvalue weighted by Gasteiger charge is 2.47. The van der Waals surface area contributed by atoms with Crippen LogP contribution < -0.4 is 0 Å². The molecule has 0 aromatic carbocycles. The van der Waals surface area contributed by atoms with Gasteiger partial charge in [-0.2, -0.15) is 0 Å². The molecule has 2 heterocycles. The van der Waals surface area contributed by atoms with E-state index < -0.39 is 86.7 Å². The second kappa shape index (κ2) is 43.1. The van der Waals surface area contributed by atoms with Crippen LogP contribution in [-0.4, -0.2) is 142 Å². The highest BCUT2D eigenvalue weighted by atomic mass is 16.7. The Kier molecular flexibility index (Phi) is 38.7. The van der Waals surface area contributed by atoms with Crippen LogP contribution in [-0.2, 0) is 33.2 Å². The molecule has 0 saturated carbocycles. The highest BCUT2D eigenvalue weighted by molar-refractivity contribution is 5.69. The number of aliphatic hydroxyl groups excluding tert-OH is 7. The average Bonchev–Trinajstić information content (AvgIpc) is 3.37. The fraction of sp³-hybridized carbons (Fsp3) is 0.667. The minimum absolute atomic E-state index is 0.0261. The lowest BCUT2D eigenvalue weighted by molar-refractivity contribution is -0.332. The Morgan fingerprint density at radius 3 is 1.35 bits per heavy atom. The van der Waals surface area contributed by atoms with Crippen LogP contribution >= 0.6 is 0 Å². The normalized spacial score (nSPS) is 26.2. The van der Waals surface area contributed by atoms with Crippen LogP contribution in [0.4, 0.5) is 0 Å². The van der Waals surface area contributed by atoms with Gasteiger partial charge in [0.05, 0.1) is 26.4 Å². The summed E-state index contributed by atoms with van der Waals surface area (Å²) >= 11 is 0. The standard InChI is InChI=1S/C57H92O14/c1-3-5-7-9-11-13-15-17-19-21-22-23-25-27-29-31-33-35-37-39-41-66-43-46(69-49(59)40-38-36-34-32-30-28-26-24-20-18-16-14-12-10-8-6-4-2)44-67-56-55(65)53(63)51(61)48(71-56)45-68-57-54(64)52(62)50(60)47(42-58)70-57/h5-8,11-14,17-20,22-23,26-29,46-48,50-58,60-65H,3-4,9-10,15-16,21,24-25,30-45H2,1-2H3/b7-5-,8-6-,13-11-,14-12-,19-17-,20-18-,23-22-,28-26-,29-27-. The van der Waals surface area contributed by atoms with E-state index in [-0.39, 0.29) is 19.6 Å². The number of carbonyl (C=O) groups is 1. The maximum Gasteiger partial charge on any atom is 0.306 e. The van der Waals surface area contributed by atoms with E-state index in [1.165, 1.54) is 0 Å². The largest absolute Gasteiger partial charge is 0.457 e. The number of hydrogen-bond acceptors (Lipinski definition) is 14. The zero-order valence-electron chi connectivity index (χ0n) is 42.9. The molecule has 2 rings (SSSR count). The van der Waals surface area contributed by atoms with E-state index in [1.54, 1.807) is 0 Å². The zero-order chi connectivity index (χ0) is 51.6. The first-order valence-corrected chi connectivity index (χ1v) is 26.5. The molecular weight excluding hydrogens is 909 g/mol. The molecule has 0 aromatic rings. The van der Waals surface area contributed by atoms with Gasteiger partial charge >= 0.3 is 5.97 Å². The molecule has 0 aromatic heterocycles. The topological polar surface area (TPSA) is 214 Å². The quantitative estimate of drug-likeness (QED) is 0.0175. The Morgan fingerprint density at radius 2 is 0.873 bits per heavy atom. The number of aliphatic hydroxyl groups is 7. The van der Waals surface area contributed by atoms with Crippen molar-refractivity contribution in [3.05, 3.63) is 109 Å². The lowest BCUT2D eigenvalue weighted by Crippen LogP contribution is -2.61. The van der Waals surface area contributed by atoms with Crippen molar-refractivity contribution in [3.8, 4) is 0 Å². The Hall–Kier alpha value is -3.35. The van der Waals surface area contributed by atoms with Crippen molar-refractivity contribution in [2.45, 2.75) is 210 Å². The van der Waals surface area contributed by atoms with Crippen LogP contribution in [0.1, 0.15) is 142 Å². The van der Waals surface area contributed by atoms with Gasteiger partial charge in [-0.15, -0.1) is 0 Å². The molecule has 0 amide bonds. The summed E-state index contributed by atoms with van der Waals surface area (Å²) in [5.41, 5.74) is 0. The van der Waals surface area contributed by atoms with Crippen LogP contribution in [0.2, 0.25) is 0 Å². The van der Waals surface area contributed by atoms with Crippen LogP contribution in [0.15, 0.2) is 109 Å². The van der Waals surface area contributed by atoms with E-state index >= 15 is 0 Å². The van der Waals surface area contributed by atoms with E-state index in [9.17, 15) is 40.5 Å². The van der Waals surface area contributed by atoms with E-state index in [0.717, 1.165) is 116 Å². The maximum atomic E-state index is 13.0. The molecule has 0 spiro atoms. The van der Waals surface area contributed by atoms with Gasteiger partial charge in [0.1, 0.15) is 54.9 Å². The molecule has 11 atom stereocenters. The molecule has 11 unspecified atom stereocenters. The van der Waals surface area contributed by atoms with Crippen LogP contribution in [0.3, 0.4) is 0 Å². The van der Waals surface area contributed by atoms with Crippen molar-refractivity contribution in [1.29, 1.82) is 0 Å². The average molecular weight is 1000 g/mol. The van der Waals surface area contributed by atoms with Gasteiger partial charge in [-0.05, 0) is 96.3 Å². The summed E-state index contributed by atoms with van der Waals surface area (Å²) < 4.78 is 34.2. The lowest BCUT2D eigenvalue weighted by atomic mass is 9.98. The molecule has 2 saturated heterocycles. The number of unbranched alkanes of at least 4 members (excludes halogenated alkanes) is 8. The van der Waals surface area contributed by atoms with Gasteiger partial charge in [-0.3, -0.25) is 4.79 Å². The first-order valence-electron chi connectivity index (χ1n) is 26.5. The third-order valence-corrected chi connectivity index (χ3v) is 11.8. The SMILES string of the molecule is CC/C=C\C/C=C\C/C=C\C/C=C\C/C=C\CCCCCCOCC(COC1OC(COC2OC(CO)C(O)C(O)C2O)C(O)C(O)C1O)OC(=O)CCCCCC/C=C\C/C=C\C/C=C\C/C=C\CC. The summed E-state index contributed by atoms with van der Waals surface area (Å²) in [7, 11) is 0. The summed E-state index contributed by atoms with van der Waals surface area (Å²) in [4.78, 5) is 13.0. The Bertz CT molecular complexity index is 1580. The van der Waals surface area contributed by atoms with Gasteiger partial charge in [0.2, 0.25) is 0 Å². The fourth-order valence-electron chi connectivity index (χ4n) is 7.54. The number of allylic oxidation sites excluding steroid dienone is 18. The van der Waals surface area contributed by atoms with E-state index in [1.807, 2.05) is 0 Å². The molecule has 0 bridgehead atoms. The minimum Gasteiger partial charge on any atom is -0.457 e. The monoisotopic (exact) mass is 1000 g/mol. The number of esters is 1. The number of hydrogen-bond donors (Lipinski definition) is 7. The van der Waals surface area contributed by atoms with Crippen molar-refractivity contribution < 1.29 is 69.0 Å². The fourth-order valence-corrected chi connectivity index (χ4v) is 7.54.